The summed E-state index contributed by atoms with van der Waals surface area (Å²) in [6.07, 6.45) is 1.56. The molecule has 0 aliphatic carbocycles. The van der Waals surface area contributed by atoms with Crippen molar-refractivity contribution in [1.29, 1.82) is 0 Å². The van der Waals surface area contributed by atoms with Gasteiger partial charge in [0.05, 0.1) is 16.8 Å². The minimum atomic E-state index is -0.393. The van der Waals surface area contributed by atoms with Gasteiger partial charge in [-0.05, 0) is 42.8 Å². The summed E-state index contributed by atoms with van der Waals surface area (Å²) in [6.45, 7) is 3.28. The van der Waals surface area contributed by atoms with E-state index >= 15 is 0 Å². The fourth-order valence-corrected chi connectivity index (χ4v) is 4.37. The number of aromatic nitrogens is 1. The number of carbonyl (C=O) groups is 1. The highest BCUT2D eigenvalue weighted by Crippen LogP contribution is 2.31. The molecule has 1 aliphatic heterocycles. The lowest BCUT2D eigenvalue weighted by molar-refractivity contribution is 0.0773. The molecule has 0 bridgehead atoms. The summed E-state index contributed by atoms with van der Waals surface area (Å²) >= 11 is 1.82. The Morgan fingerprint density at radius 1 is 1.10 bits per heavy atom. The van der Waals surface area contributed by atoms with E-state index in [2.05, 4.69) is 10.3 Å². The van der Waals surface area contributed by atoms with Crippen molar-refractivity contribution in [3.63, 3.8) is 0 Å². The number of fused-ring (bicyclic) bond motifs is 1. The summed E-state index contributed by atoms with van der Waals surface area (Å²) in [5.74, 6) is 0.983. The molecule has 0 saturated carbocycles. The zero-order valence-corrected chi connectivity index (χ0v) is 16.8. The third kappa shape index (κ3) is 4.19. The predicted octanol–water partition coefficient (Wildman–Crippen LogP) is 4.88. The molecule has 4 nitrogen and oxygen atoms in total. The molecule has 4 rings (SSSR count). The number of hydrogen-bond donors (Lipinski definition) is 1. The fourth-order valence-electron chi connectivity index (χ4n) is 3.47. The smallest absolute Gasteiger partial charge is 0.257 e. The number of nitrogens with zero attached hydrogens (tertiary/aromatic N) is 2. The van der Waals surface area contributed by atoms with E-state index in [1.54, 1.807) is 24.4 Å². The van der Waals surface area contributed by atoms with Crippen molar-refractivity contribution in [2.45, 2.75) is 13.0 Å². The molecule has 1 aliphatic rings. The number of hydrogen-bond acceptors (Lipinski definition) is 4. The molecule has 1 saturated heterocycles. The van der Waals surface area contributed by atoms with E-state index in [9.17, 15) is 13.6 Å². The number of carbonyl (C=O) groups excluding carboxylic acids is 1. The Morgan fingerprint density at radius 2 is 1.79 bits per heavy atom. The third-order valence-electron chi connectivity index (χ3n) is 5.09. The van der Waals surface area contributed by atoms with Gasteiger partial charge in [-0.1, -0.05) is 12.1 Å². The molecule has 1 fully saturated rings. The van der Waals surface area contributed by atoms with Crippen LogP contribution in [-0.2, 0) is 0 Å². The van der Waals surface area contributed by atoms with Crippen LogP contribution in [0.5, 0.6) is 0 Å². The van der Waals surface area contributed by atoms with Crippen LogP contribution in [0.3, 0.4) is 0 Å². The second-order valence-corrected chi connectivity index (χ2v) is 8.26. The average molecular weight is 413 g/mol. The standard InChI is InChI=1S/C22H21F2N3OS/c1-14(15-2-4-16(23)5-3-15)26-21-18-12-17(24)6-7-20(18)25-13-19(21)22(28)27-8-10-29-11-9-27/h2-7,12-14H,8-11H2,1H3,(H,25,26)/t14-/m1/s1. The minimum absolute atomic E-state index is 0.113. The van der Waals surface area contributed by atoms with Gasteiger partial charge in [-0.25, -0.2) is 8.78 Å². The van der Waals surface area contributed by atoms with Gasteiger partial charge in [0.1, 0.15) is 11.6 Å². The second-order valence-electron chi connectivity index (χ2n) is 7.03. The Labute approximate surface area is 172 Å². The van der Waals surface area contributed by atoms with E-state index < -0.39 is 5.82 Å². The zero-order chi connectivity index (χ0) is 20.4. The van der Waals surface area contributed by atoms with Crippen LogP contribution in [-0.4, -0.2) is 40.4 Å². The summed E-state index contributed by atoms with van der Waals surface area (Å²) in [5.41, 5.74) is 2.44. The van der Waals surface area contributed by atoms with Crippen molar-refractivity contribution in [1.82, 2.24) is 9.88 Å². The van der Waals surface area contributed by atoms with Gasteiger partial charge in [0.15, 0.2) is 0 Å². The largest absolute Gasteiger partial charge is 0.377 e. The van der Waals surface area contributed by atoms with E-state index in [4.69, 9.17) is 0 Å². The highest BCUT2D eigenvalue weighted by molar-refractivity contribution is 7.99. The van der Waals surface area contributed by atoms with Gasteiger partial charge in [0.2, 0.25) is 0 Å². The quantitative estimate of drug-likeness (QED) is 0.663. The first-order chi connectivity index (χ1) is 14.0. The van der Waals surface area contributed by atoms with Gasteiger partial charge in [-0.3, -0.25) is 9.78 Å². The number of pyridine rings is 1. The van der Waals surface area contributed by atoms with Crippen LogP contribution in [0.25, 0.3) is 10.9 Å². The van der Waals surface area contributed by atoms with Crippen LogP contribution in [0.4, 0.5) is 14.5 Å². The molecule has 3 aromatic rings. The predicted molar refractivity (Wildman–Crippen MR) is 113 cm³/mol. The molecule has 0 unspecified atom stereocenters. The van der Waals surface area contributed by atoms with E-state index in [1.165, 1.54) is 24.3 Å². The van der Waals surface area contributed by atoms with Crippen molar-refractivity contribution >= 4 is 34.3 Å². The number of halogens is 2. The molecule has 1 N–H and O–H groups in total. The summed E-state index contributed by atoms with van der Waals surface area (Å²) in [5, 5.41) is 3.91. The molecule has 2 heterocycles. The maximum Gasteiger partial charge on any atom is 0.257 e. The molecular weight excluding hydrogens is 392 g/mol. The Kier molecular flexibility index (Phi) is 5.67. The Hall–Kier alpha value is -2.67. The summed E-state index contributed by atoms with van der Waals surface area (Å²) < 4.78 is 27.3. The third-order valence-corrected chi connectivity index (χ3v) is 6.03. The summed E-state index contributed by atoms with van der Waals surface area (Å²) in [6, 6.07) is 10.3. The molecule has 29 heavy (non-hydrogen) atoms. The van der Waals surface area contributed by atoms with Gasteiger partial charge in [-0.15, -0.1) is 0 Å². The van der Waals surface area contributed by atoms with Crippen molar-refractivity contribution in [2.24, 2.45) is 0 Å². The normalized spacial score (nSPS) is 15.3. The lowest BCUT2D eigenvalue weighted by Gasteiger charge is -2.28. The lowest BCUT2D eigenvalue weighted by atomic mass is 10.0. The van der Waals surface area contributed by atoms with Crippen molar-refractivity contribution in [2.75, 3.05) is 29.9 Å². The van der Waals surface area contributed by atoms with Crippen molar-refractivity contribution < 1.29 is 13.6 Å². The fraction of sp³-hybridized carbons (Fsp3) is 0.273. The first-order valence-electron chi connectivity index (χ1n) is 9.50. The van der Waals surface area contributed by atoms with Gasteiger partial charge >= 0.3 is 0 Å². The second kappa shape index (κ2) is 8.37. The van der Waals surface area contributed by atoms with Crippen LogP contribution in [0.2, 0.25) is 0 Å². The van der Waals surface area contributed by atoms with E-state index in [0.717, 1.165) is 17.1 Å². The van der Waals surface area contributed by atoms with Crippen molar-refractivity contribution in [3.05, 3.63) is 71.4 Å². The molecule has 1 atom stereocenters. The van der Waals surface area contributed by atoms with Gasteiger partial charge < -0.3 is 10.2 Å². The first-order valence-corrected chi connectivity index (χ1v) is 10.7. The van der Waals surface area contributed by atoms with Crippen molar-refractivity contribution in [3.8, 4) is 0 Å². The van der Waals surface area contributed by atoms with Gasteiger partial charge in [0, 0.05) is 42.2 Å². The number of anilines is 1. The highest BCUT2D eigenvalue weighted by atomic mass is 32.2. The number of thioether (sulfide) groups is 1. The van der Waals surface area contributed by atoms with Gasteiger partial charge in [0.25, 0.3) is 5.91 Å². The summed E-state index contributed by atoms with van der Waals surface area (Å²) in [7, 11) is 0. The number of nitrogens with one attached hydrogen (secondary N) is 1. The SMILES string of the molecule is C[C@@H](Nc1c(C(=O)N2CCSCC2)cnc2ccc(F)cc12)c1ccc(F)cc1. The minimum Gasteiger partial charge on any atom is -0.377 e. The molecule has 0 spiro atoms. The molecular formula is C22H21F2N3OS. The molecule has 7 heteroatoms. The molecule has 1 amide bonds. The topological polar surface area (TPSA) is 45.2 Å². The van der Waals surface area contributed by atoms with E-state index in [0.29, 0.717) is 35.2 Å². The number of rotatable bonds is 4. The Bertz CT molecular complexity index is 1040. The van der Waals surface area contributed by atoms with Crippen LogP contribution in [0.1, 0.15) is 28.9 Å². The highest BCUT2D eigenvalue weighted by Gasteiger charge is 2.24. The Morgan fingerprint density at radius 3 is 2.52 bits per heavy atom. The molecule has 2 aromatic carbocycles. The first kappa shape index (κ1) is 19.6. The number of amides is 1. The molecule has 1 aromatic heterocycles. The molecule has 0 radical (unpaired) electrons. The lowest BCUT2D eigenvalue weighted by Crippen LogP contribution is -2.38. The number of benzene rings is 2. The molecule has 150 valence electrons. The van der Waals surface area contributed by atoms with Crippen LogP contribution < -0.4 is 5.32 Å². The van der Waals surface area contributed by atoms with E-state index in [-0.39, 0.29) is 17.8 Å². The van der Waals surface area contributed by atoms with E-state index in [1.807, 2.05) is 23.6 Å². The maximum absolute atomic E-state index is 14.0. The van der Waals surface area contributed by atoms with Crippen LogP contribution in [0, 0.1) is 11.6 Å². The van der Waals surface area contributed by atoms with Crippen LogP contribution in [0.15, 0.2) is 48.7 Å². The monoisotopic (exact) mass is 413 g/mol. The zero-order valence-electron chi connectivity index (χ0n) is 16.0. The average Bonchev–Trinajstić information content (AvgIpc) is 2.74. The Balaban J connectivity index is 1.76. The maximum atomic E-state index is 14.0. The summed E-state index contributed by atoms with van der Waals surface area (Å²) in [4.78, 5) is 19.4. The van der Waals surface area contributed by atoms with Gasteiger partial charge in [-0.2, -0.15) is 11.8 Å². The van der Waals surface area contributed by atoms with Crippen LogP contribution >= 0.6 is 11.8 Å².